The molecule has 0 bridgehead atoms. The number of carbonyl (C=O) groups is 1. The average molecular weight is 378 g/mol. The standard InChI is InChI=1S/C21H16F2N4O/c1-27-20-16(12-25-27)15(10-19(26-20)14-7-3-5-9-18(14)23)21(28)24-11-13-6-2-4-8-17(13)22/h2-10,12H,11H2,1H3,(H,24,28). The number of benzene rings is 2. The molecule has 0 atom stereocenters. The molecule has 0 radical (unpaired) electrons. The molecule has 2 heterocycles. The molecule has 2 aromatic heterocycles. The summed E-state index contributed by atoms with van der Waals surface area (Å²) in [6, 6.07) is 14.0. The number of aromatic nitrogens is 3. The van der Waals surface area contributed by atoms with Gasteiger partial charge < -0.3 is 5.32 Å². The number of pyridine rings is 1. The van der Waals surface area contributed by atoms with Gasteiger partial charge in [-0.05, 0) is 24.3 Å². The van der Waals surface area contributed by atoms with Crippen molar-refractivity contribution in [3.05, 3.63) is 83.6 Å². The highest BCUT2D eigenvalue weighted by Gasteiger charge is 2.18. The Labute approximate surface area is 159 Å². The van der Waals surface area contributed by atoms with Crippen LogP contribution in [-0.4, -0.2) is 20.7 Å². The second-order valence-electron chi connectivity index (χ2n) is 6.31. The first-order chi connectivity index (χ1) is 13.5. The van der Waals surface area contributed by atoms with Crippen molar-refractivity contribution in [1.29, 1.82) is 0 Å². The highest BCUT2D eigenvalue weighted by atomic mass is 19.1. The number of nitrogens with zero attached hydrogens (tertiary/aromatic N) is 3. The lowest BCUT2D eigenvalue weighted by Crippen LogP contribution is -2.23. The predicted molar refractivity (Wildman–Crippen MR) is 101 cm³/mol. The molecular weight excluding hydrogens is 362 g/mol. The Balaban J connectivity index is 1.74. The van der Waals surface area contributed by atoms with Crippen LogP contribution < -0.4 is 5.32 Å². The third-order valence-corrected chi connectivity index (χ3v) is 4.50. The number of carbonyl (C=O) groups excluding carboxylic acids is 1. The lowest BCUT2D eigenvalue weighted by Gasteiger charge is -2.10. The van der Waals surface area contributed by atoms with Gasteiger partial charge >= 0.3 is 0 Å². The van der Waals surface area contributed by atoms with Gasteiger partial charge in [-0.1, -0.05) is 30.3 Å². The summed E-state index contributed by atoms with van der Waals surface area (Å²) in [4.78, 5) is 17.3. The SMILES string of the molecule is Cn1ncc2c(C(=O)NCc3ccccc3F)cc(-c3ccccc3F)nc21. The Kier molecular flexibility index (Phi) is 4.57. The molecular formula is C21H16F2N4O. The van der Waals surface area contributed by atoms with E-state index in [0.717, 1.165) is 0 Å². The first kappa shape index (κ1) is 17.8. The van der Waals surface area contributed by atoms with Gasteiger partial charge in [0.2, 0.25) is 0 Å². The van der Waals surface area contributed by atoms with E-state index in [1.165, 1.54) is 29.1 Å². The Hall–Kier alpha value is -3.61. The van der Waals surface area contributed by atoms with E-state index in [1.54, 1.807) is 43.4 Å². The fourth-order valence-electron chi connectivity index (χ4n) is 3.02. The zero-order chi connectivity index (χ0) is 19.7. The van der Waals surface area contributed by atoms with Gasteiger partial charge in [-0.15, -0.1) is 0 Å². The van der Waals surface area contributed by atoms with Crippen LogP contribution in [0.2, 0.25) is 0 Å². The first-order valence-corrected chi connectivity index (χ1v) is 8.64. The molecule has 5 nitrogen and oxygen atoms in total. The molecule has 7 heteroatoms. The fraction of sp³-hybridized carbons (Fsp3) is 0.0952. The van der Waals surface area contributed by atoms with E-state index in [1.807, 2.05) is 0 Å². The van der Waals surface area contributed by atoms with E-state index in [9.17, 15) is 13.6 Å². The smallest absolute Gasteiger partial charge is 0.252 e. The molecule has 0 saturated heterocycles. The molecule has 4 rings (SSSR count). The summed E-state index contributed by atoms with van der Waals surface area (Å²) in [5.41, 5.74) is 1.74. The zero-order valence-electron chi connectivity index (χ0n) is 15.0. The van der Waals surface area contributed by atoms with Gasteiger partial charge in [-0.2, -0.15) is 5.10 Å². The van der Waals surface area contributed by atoms with Gasteiger partial charge in [-0.25, -0.2) is 13.8 Å². The average Bonchev–Trinajstić information content (AvgIpc) is 3.08. The number of hydrogen-bond acceptors (Lipinski definition) is 3. The molecule has 1 N–H and O–H groups in total. The summed E-state index contributed by atoms with van der Waals surface area (Å²) in [5, 5.41) is 7.40. The van der Waals surface area contributed by atoms with Gasteiger partial charge in [-0.3, -0.25) is 9.48 Å². The first-order valence-electron chi connectivity index (χ1n) is 8.64. The van der Waals surface area contributed by atoms with Crippen LogP contribution in [0.4, 0.5) is 8.78 Å². The number of rotatable bonds is 4. The predicted octanol–water partition coefficient (Wildman–Crippen LogP) is 3.84. The van der Waals surface area contributed by atoms with Gasteiger partial charge in [0.15, 0.2) is 5.65 Å². The molecule has 28 heavy (non-hydrogen) atoms. The summed E-state index contributed by atoms with van der Waals surface area (Å²) < 4.78 is 29.6. The molecule has 0 fully saturated rings. The number of aryl methyl sites for hydroxylation is 1. The Morgan fingerprint density at radius 3 is 2.54 bits per heavy atom. The van der Waals surface area contributed by atoms with Crippen molar-refractivity contribution in [1.82, 2.24) is 20.1 Å². The number of halogens is 2. The Bertz CT molecular complexity index is 1190. The van der Waals surface area contributed by atoms with Crippen LogP contribution >= 0.6 is 0 Å². The highest BCUT2D eigenvalue weighted by molar-refractivity contribution is 6.06. The summed E-state index contributed by atoms with van der Waals surface area (Å²) in [7, 11) is 1.70. The van der Waals surface area contributed by atoms with Gasteiger partial charge in [0, 0.05) is 24.7 Å². The van der Waals surface area contributed by atoms with E-state index in [2.05, 4.69) is 15.4 Å². The zero-order valence-corrected chi connectivity index (χ0v) is 15.0. The maximum Gasteiger partial charge on any atom is 0.252 e. The van der Waals surface area contributed by atoms with E-state index in [-0.39, 0.29) is 12.1 Å². The van der Waals surface area contributed by atoms with Crippen molar-refractivity contribution in [2.45, 2.75) is 6.54 Å². The number of fused-ring (bicyclic) bond motifs is 1. The lowest BCUT2D eigenvalue weighted by atomic mass is 10.1. The molecule has 140 valence electrons. The number of amides is 1. The van der Waals surface area contributed by atoms with Gasteiger partial charge in [0.05, 0.1) is 22.8 Å². The minimum atomic E-state index is -0.436. The second-order valence-corrected chi connectivity index (χ2v) is 6.31. The summed E-state index contributed by atoms with van der Waals surface area (Å²) in [6.07, 6.45) is 1.53. The Morgan fingerprint density at radius 2 is 1.79 bits per heavy atom. The summed E-state index contributed by atoms with van der Waals surface area (Å²) in [6.45, 7) is 0.0324. The van der Waals surface area contributed by atoms with Crippen LogP contribution in [0.3, 0.4) is 0 Å². The van der Waals surface area contributed by atoms with Crippen molar-refractivity contribution in [3.8, 4) is 11.3 Å². The van der Waals surface area contributed by atoms with Crippen LogP contribution in [0.5, 0.6) is 0 Å². The molecule has 4 aromatic rings. The molecule has 0 saturated carbocycles. The molecule has 0 unspecified atom stereocenters. The molecule has 1 amide bonds. The Morgan fingerprint density at radius 1 is 1.07 bits per heavy atom. The molecule has 0 aliphatic rings. The minimum absolute atomic E-state index is 0.0324. The van der Waals surface area contributed by atoms with Crippen LogP contribution in [0.15, 0.2) is 60.8 Å². The van der Waals surface area contributed by atoms with Gasteiger partial charge in [0.25, 0.3) is 5.91 Å². The molecule has 0 aliphatic heterocycles. The van der Waals surface area contributed by atoms with Crippen LogP contribution in [0.25, 0.3) is 22.3 Å². The van der Waals surface area contributed by atoms with Crippen molar-refractivity contribution in [2.75, 3.05) is 0 Å². The van der Waals surface area contributed by atoms with E-state index in [0.29, 0.717) is 27.9 Å². The van der Waals surface area contributed by atoms with E-state index < -0.39 is 17.5 Å². The maximum absolute atomic E-state index is 14.2. The largest absolute Gasteiger partial charge is 0.348 e. The van der Waals surface area contributed by atoms with Crippen molar-refractivity contribution >= 4 is 16.9 Å². The third kappa shape index (κ3) is 3.22. The fourth-order valence-corrected chi connectivity index (χ4v) is 3.02. The summed E-state index contributed by atoms with van der Waals surface area (Å²) >= 11 is 0. The lowest BCUT2D eigenvalue weighted by molar-refractivity contribution is 0.0952. The van der Waals surface area contributed by atoms with Crippen LogP contribution in [-0.2, 0) is 13.6 Å². The molecule has 0 spiro atoms. The highest BCUT2D eigenvalue weighted by Crippen LogP contribution is 2.26. The monoisotopic (exact) mass is 378 g/mol. The van der Waals surface area contributed by atoms with E-state index >= 15 is 0 Å². The van der Waals surface area contributed by atoms with Crippen molar-refractivity contribution in [3.63, 3.8) is 0 Å². The van der Waals surface area contributed by atoms with Crippen LogP contribution in [0, 0.1) is 11.6 Å². The van der Waals surface area contributed by atoms with Gasteiger partial charge in [0.1, 0.15) is 11.6 Å². The maximum atomic E-state index is 14.2. The molecule has 2 aromatic carbocycles. The van der Waals surface area contributed by atoms with Crippen molar-refractivity contribution < 1.29 is 13.6 Å². The topological polar surface area (TPSA) is 59.8 Å². The quantitative estimate of drug-likeness (QED) is 0.587. The third-order valence-electron chi connectivity index (χ3n) is 4.50. The van der Waals surface area contributed by atoms with Crippen LogP contribution in [0.1, 0.15) is 15.9 Å². The minimum Gasteiger partial charge on any atom is -0.348 e. The van der Waals surface area contributed by atoms with Crippen molar-refractivity contribution in [2.24, 2.45) is 7.05 Å². The number of hydrogen-bond donors (Lipinski definition) is 1. The molecule has 0 aliphatic carbocycles. The number of nitrogens with one attached hydrogen (secondary N) is 1. The normalized spacial score (nSPS) is 11.0. The van der Waals surface area contributed by atoms with E-state index in [4.69, 9.17) is 0 Å². The summed E-state index contributed by atoms with van der Waals surface area (Å²) in [5.74, 6) is -1.24. The second kappa shape index (κ2) is 7.19.